The van der Waals surface area contributed by atoms with Gasteiger partial charge in [0.05, 0.1) is 27.9 Å². The van der Waals surface area contributed by atoms with Gasteiger partial charge in [0.1, 0.15) is 5.75 Å². The molecule has 8 heteroatoms. The predicted molar refractivity (Wildman–Crippen MR) is 99.7 cm³/mol. The molecule has 0 saturated heterocycles. The van der Waals surface area contributed by atoms with Gasteiger partial charge in [-0.15, -0.1) is 0 Å². The van der Waals surface area contributed by atoms with E-state index in [0.717, 1.165) is 0 Å². The Labute approximate surface area is 157 Å². The quantitative estimate of drug-likeness (QED) is 0.696. The molecule has 0 aliphatic carbocycles. The van der Waals surface area contributed by atoms with Gasteiger partial charge >= 0.3 is 0 Å². The highest BCUT2D eigenvalue weighted by atomic mass is 16.5. The molecule has 2 aromatic rings. The molecule has 0 aliphatic heterocycles. The van der Waals surface area contributed by atoms with E-state index in [9.17, 15) is 9.59 Å². The zero-order valence-electron chi connectivity index (χ0n) is 15.4. The lowest BCUT2D eigenvalue weighted by Gasteiger charge is -2.14. The predicted octanol–water partition coefficient (Wildman–Crippen LogP) is 1.85. The first-order valence-corrected chi connectivity index (χ1v) is 8.11. The Morgan fingerprint density at radius 3 is 2.07 bits per heavy atom. The molecule has 27 heavy (non-hydrogen) atoms. The molecule has 2 rings (SSSR count). The van der Waals surface area contributed by atoms with Gasteiger partial charge in [0.15, 0.2) is 18.1 Å². The van der Waals surface area contributed by atoms with E-state index in [1.165, 1.54) is 21.3 Å². The molecule has 2 aromatic carbocycles. The smallest absolute Gasteiger partial charge is 0.258 e. The fraction of sp³-hybridized carbons (Fsp3) is 0.263. The van der Waals surface area contributed by atoms with Crippen LogP contribution in [0.4, 0.5) is 5.69 Å². The third-order valence-electron chi connectivity index (χ3n) is 3.51. The monoisotopic (exact) mass is 374 g/mol. The molecule has 0 fully saturated rings. The van der Waals surface area contributed by atoms with Crippen molar-refractivity contribution in [3.05, 3.63) is 42.5 Å². The maximum Gasteiger partial charge on any atom is 0.258 e. The summed E-state index contributed by atoms with van der Waals surface area (Å²) >= 11 is 0. The molecular formula is C19H22N2O6. The van der Waals surface area contributed by atoms with Crippen LogP contribution in [0.1, 0.15) is 0 Å². The first-order valence-electron chi connectivity index (χ1n) is 8.11. The Morgan fingerprint density at radius 2 is 1.52 bits per heavy atom. The normalized spacial score (nSPS) is 9.89. The number of rotatable bonds is 9. The van der Waals surface area contributed by atoms with E-state index < -0.39 is 11.8 Å². The minimum atomic E-state index is -0.405. The molecular weight excluding hydrogens is 352 g/mol. The lowest BCUT2D eigenvalue weighted by Crippen LogP contribution is -2.35. The van der Waals surface area contributed by atoms with Crippen LogP contribution in [0.15, 0.2) is 42.5 Å². The summed E-state index contributed by atoms with van der Waals surface area (Å²) in [5.41, 5.74) is 0.448. The molecule has 0 radical (unpaired) electrons. The molecule has 144 valence electrons. The van der Waals surface area contributed by atoms with Crippen molar-refractivity contribution in [2.24, 2.45) is 0 Å². The van der Waals surface area contributed by atoms with Crippen molar-refractivity contribution in [2.45, 2.75) is 0 Å². The molecule has 0 atom stereocenters. The summed E-state index contributed by atoms with van der Waals surface area (Å²) in [4.78, 5) is 23.9. The average molecular weight is 374 g/mol. The van der Waals surface area contributed by atoms with Crippen molar-refractivity contribution in [2.75, 3.05) is 39.8 Å². The third-order valence-corrected chi connectivity index (χ3v) is 3.51. The first-order chi connectivity index (χ1) is 13.1. The van der Waals surface area contributed by atoms with Crippen LogP contribution in [0.2, 0.25) is 0 Å². The molecule has 2 N–H and O–H groups in total. The number of hydrogen-bond acceptors (Lipinski definition) is 6. The highest BCUT2D eigenvalue weighted by Crippen LogP contribution is 2.39. The van der Waals surface area contributed by atoms with Gasteiger partial charge in [-0.05, 0) is 12.1 Å². The van der Waals surface area contributed by atoms with Gasteiger partial charge in [-0.3, -0.25) is 9.59 Å². The summed E-state index contributed by atoms with van der Waals surface area (Å²) in [6.07, 6.45) is 0. The Kier molecular flexibility index (Phi) is 7.30. The maximum atomic E-state index is 12.1. The lowest BCUT2D eigenvalue weighted by molar-refractivity contribution is -0.125. The number of ether oxygens (including phenoxy) is 4. The topological polar surface area (TPSA) is 95.1 Å². The highest BCUT2D eigenvalue weighted by molar-refractivity contribution is 5.95. The van der Waals surface area contributed by atoms with Crippen LogP contribution < -0.4 is 29.6 Å². The van der Waals surface area contributed by atoms with Gasteiger partial charge < -0.3 is 29.6 Å². The second-order valence-electron chi connectivity index (χ2n) is 5.34. The number of carbonyl (C=O) groups excluding carboxylic acids is 2. The molecule has 0 spiro atoms. The van der Waals surface area contributed by atoms with Crippen molar-refractivity contribution in [3.8, 4) is 23.0 Å². The highest BCUT2D eigenvalue weighted by Gasteiger charge is 2.15. The van der Waals surface area contributed by atoms with Crippen LogP contribution in [-0.4, -0.2) is 46.3 Å². The van der Waals surface area contributed by atoms with Crippen LogP contribution in [0, 0.1) is 0 Å². The van der Waals surface area contributed by atoms with Crippen molar-refractivity contribution in [1.82, 2.24) is 5.32 Å². The van der Waals surface area contributed by atoms with Crippen LogP contribution in [0.3, 0.4) is 0 Å². The first kappa shape index (κ1) is 19.9. The number of carbonyl (C=O) groups is 2. The largest absolute Gasteiger partial charge is 0.493 e. The van der Waals surface area contributed by atoms with E-state index in [0.29, 0.717) is 28.7 Å². The van der Waals surface area contributed by atoms with Gasteiger partial charge in [-0.25, -0.2) is 0 Å². The second-order valence-corrected chi connectivity index (χ2v) is 5.34. The molecule has 2 amide bonds. The van der Waals surface area contributed by atoms with E-state index in [4.69, 9.17) is 18.9 Å². The van der Waals surface area contributed by atoms with Gasteiger partial charge in [-0.1, -0.05) is 18.2 Å². The standard InChI is InChI=1S/C19H22N2O6/c1-24-15-9-13(10-16(25-2)19(15)26-3)21-17(22)11-20-18(23)12-27-14-7-5-4-6-8-14/h4-10H,11-12H2,1-3H3,(H,20,23)(H,21,22). The number of amides is 2. The van der Waals surface area contributed by atoms with Gasteiger partial charge in [0.2, 0.25) is 11.7 Å². The molecule has 0 aromatic heterocycles. The van der Waals surface area contributed by atoms with E-state index in [2.05, 4.69) is 10.6 Å². The van der Waals surface area contributed by atoms with Crippen molar-refractivity contribution >= 4 is 17.5 Å². The van der Waals surface area contributed by atoms with E-state index >= 15 is 0 Å². The van der Waals surface area contributed by atoms with Crippen molar-refractivity contribution < 1.29 is 28.5 Å². The minimum Gasteiger partial charge on any atom is -0.493 e. The lowest BCUT2D eigenvalue weighted by atomic mass is 10.2. The van der Waals surface area contributed by atoms with Crippen LogP contribution >= 0.6 is 0 Å². The van der Waals surface area contributed by atoms with Gasteiger partial charge in [0, 0.05) is 17.8 Å². The van der Waals surface area contributed by atoms with E-state index in [-0.39, 0.29) is 13.2 Å². The summed E-state index contributed by atoms with van der Waals surface area (Å²) in [5, 5.41) is 5.15. The van der Waals surface area contributed by atoms with Crippen molar-refractivity contribution in [3.63, 3.8) is 0 Å². The zero-order valence-corrected chi connectivity index (χ0v) is 15.4. The number of hydrogen-bond donors (Lipinski definition) is 2. The molecule has 0 unspecified atom stereocenters. The van der Waals surface area contributed by atoms with Gasteiger partial charge in [0.25, 0.3) is 5.91 Å². The number of para-hydroxylation sites is 1. The number of methoxy groups -OCH3 is 3. The Hall–Kier alpha value is -3.42. The SMILES string of the molecule is COc1cc(NC(=O)CNC(=O)COc2ccccc2)cc(OC)c1OC. The van der Waals surface area contributed by atoms with E-state index in [1.54, 1.807) is 36.4 Å². The molecule has 0 saturated carbocycles. The molecule has 0 heterocycles. The number of nitrogens with one attached hydrogen (secondary N) is 2. The maximum absolute atomic E-state index is 12.1. The summed E-state index contributed by atoms with van der Waals surface area (Å²) in [5.74, 6) is 1.01. The Morgan fingerprint density at radius 1 is 0.889 bits per heavy atom. The van der Waals surface area contributed by atoms with E-state index in [1.807, 2.05) is 6.07 Å². The summed E-state index contributed by atoms with van der Waals surface area (Å²) < 4.78 is 21.0. The summed E-state index contributed by atoms with van der Waals surface area (Å²) in [6, 6.07) is 12.1. The summed E-state index contributed by atoms with van der Waals surface area (Å²) in [7, 11) is 4.46. The fourth-order valence-electron chi connectivity index (χ4n) is 2.25. The Bertz CT molecular complexity index is 754. The molecule has 0 bridgehead atoms. The van der Waals surface area contributed by atoms with Crippen LogP contribution in [-0.2, 0) is 9.59 Å². The van der Waals surface area contributed by atoms with Crippen LogP contribution in [0.5, 0.6) is 23.0 Å². The molecule has 0 aliphatic rings. The summed E-state index contributed by atoms with van der Waals surface area (Å²) in [6.45, 7) is -0.380. The second kappa shape index (κ2) is 9.91. The van der Waals surface area contributed by atoms with Gasteiger partial charge in [-0.2, -0.15) is 0 Å². The molecule has 8 nitrogen and oxygen atoms in total. The Balaban J connectivity index is 1.87. The third kappa shape index (κ3) is 5.81. The zero-order chi connectivity index (χ0) is 19.6. The van der Waals surface area contributed by atoms with Crippen molar-refractivity contribution in [1.29, 1.82) is 0 Å². The van der Waals surface area contributed by atoms with Crippen LogP contribution in [0.25, 0.3) is 0 Å². The fourth-order valence-corrected chi connectivity index (χ4v) is 2.25. The minimum absolute atomic E-state index is 0.179. The number of benzene rings is 2. The average Bonchev–Trinajstić information content (AvgIpc) is 2.70. The number of anilines is 1.